The number of nitrogens with one attached hydrogen (secondary N) is 1. The van der Waals surface area contributed by atoms with Crippen LogP contribution in [-0.4, -0.2) is 42.1 Å². The van der Waals surface area contributed by atoms with E-state index >= 15 is 0 Å². The van der Waals surface area contributed by atoms with Crippen molar-refractivity contribution in [3.8, 4) is 0 Å². The van der Waals surface area contributed by atoms with Crippen molar-refractivity contribution >= 4 is 17.8 Å². The van der Waals surface area contributed by atoms with Gasteiger partial charge in [0.05, 0.1) is 6.54 Å². The second kappa shape index (κ2) is 5.74. The van der Waals surface area contributed by atoms with Gasteiger partial charge in [-0.15, -0.1) is 0 Å². The predicted octanol–water partition coefficient (Wildman–Crippen LogP) is 0.128. The third-order valence-electron chi connectivity index (χ3n) is 1.79. The number of oxime groups is 1. The Morgan fingerprint density at radius 1 is 1.75 bits per heavy atom. The number of ether oxygens (including phenoxy) is 1. The normalized spacial score (nSPS) is 18.2. The van der Waals surface area contributed by atoms with Crippen LogP contribution >= 0.6 is 0 Å². The molecule has 0 saturated carbocycles. The number of aliphatic carboxylic acids is 1. The highest BCUT2D eigenvalue weighted by molar-refractivity contribution is 6.35. The summed E-state index contributed by atoms with van der Waals surface area (Å²) in [7, 11) is 0. The molecule has 1 rings (SSSR count). The van der Waals surface area contributed by atoms with E-state index in [2.05, 4.69) is 21.8 Å². The van der Waals surface area contributed by atoms with E-state index in [-0.39, 0.29) is 25.3 Å². The number of alkyl carbamates (subject to hydrolysis) is 1. The van der Waals surface area contributed by atoms with Crippen molar-refractivity contribution in [3.63, 3.8) is 0 Å². The van der Waals surface area contributed by atoms with E-state index in [1.807, 2.05) is 0 Å². The molecule has 0 saturated heterocycles. The molecule has 1 aliphatic rings. The van der Waals surface area contributed by atoms with E-state index in [4.69, 9.17) is 9.94 Å². The van der Waals surface area contributed by atoms with E-state index < -0.39 is 18.2 Å². The molecule has 7 nitrogen and oxygen atoms in total. The van der Waals surface area contributed by atoms with Gasteiger partial charge in [0.15, 0.2) is 11.8 Å². The first-order valence-corrected chi connectivity index (χ1v) is 4.61. The molecule has 0 aromatic carbocycles. The van der Waals surface area contributed by atoms with Gasteiger partial charge in [-0.05, 0) is 0 Å². The highest BCUT2D eigenvalue weighted by atomic mass is 16.6. The molecule has 0 aromatic heterocycles. The van der Waals surface area contributed by atoms with Gasteiger partial charge in [-0.1, -0.05) is 17.8 Å². The molecular weight excluding hydrogens is 216 g/mol. The average Bonchev–Trinajstić information content (AvgIpc) is 2.72. The van der Waals surface area contributed by atoms with Gasteiger partial charge >= 0.3 is 12.1 Å². The predicted molar refractivity (Wildman–Crippen MR) is 54.1 cm³/mol. The molecule has 0 spiro atoms. The van der Waals surface area contributed by atoms with Gasteiger partial charge in [-0.25, -0.2) is 9.59 Å². The van der Waals surface area contributed by atoms with Crippen LogP contribution in [0.2, 0.25) is 0 Å². The van der Waals surface area contributed by atoms with Crippen molar-refractivity contribution < 1.29 is 24.3 Å². The highest BCUT2D eigenvalue weighted by Crippen LogP contribution is 2.09. The van der Waals surface area contributed by atoms with Gasteiger partial charge in [0.1, 0.15) is 6.61 Å². The smallest absolute Gasteiger partial charge is 0.407 e. The van der Waals surface area contributed by atoms with E-state index in [0.29, 0.717) is 0 Å². The zero-order chi connectivity index (χ0) is 12.0. The number of amides is 1. The van der Waals surface area contributed by atoms with Crippen LogP contribution < -0.4 is 5.32 Å². The van der Waals surface area contributed by atoms with Crippen LogP contribution in [0.15, 0.2) is 17.8 Å². The van der Waals surface area contributed by atoms with Crippen molar-refractivity contribution in [3.05, 3.63) is 12.7 Å². The van der Waals surface area contributed by atoms with Crippen molar-refractivity contribution in [2.45, 2.75) is 12.5 Å². The zero-order valence-electron chi connectivity index (χ0n) is 8.51. The Morgan fingerprint density at radius 2 is 2.50 bits per heavy atom. The highest BCUT2D eigenvalue weighted by Gasteiger charge is 2.25. The summed E-state index contributed by atoms with van der Waals surface area (Å²) in [6.07, 6.45) is 0.545. The number of hydrogen-bond donors (Lipinski definition) is 2. The van der Waals surface area contributed by atoms with Crippen molar-refractivity contribution in [1.29, 1.82) is 0 Å². The molecule has 1 atom stereocenters. The summed E-state index contributed by atoms with van der Waals surface area (Å²) in [4.78, 5) is 26.3. The monoisotopic (exact) mass is 228 g/mol. The molecular formula is C9H12N2O5. The molecule has 1 amide bonds. The molecule has 0 aromatic rings. The maximum absolute atomic E-state index is 11.0. The van der Waals surface area contributed by atoms with E-state index in [9.17, 15) is 9.59 Å². The summed E-state index contributed by atoms with van der Waals surface area (Å²) < 4.78 is 4.65. The summed E-state index contributed by atoms with van der Waals surface area (Å²) >= 11 is 0. The minimum absolute atomic E-state index is 0.0498. The third kappa shape index (κ3) is 3.60. The van der Waals surface area contributed by atoms with Crippen LogP contribution in [-0.2, 0) is 14.4 Å². The zero-order valence-corrected chi connectivity index (χ0v) is 8.51. The largest absolute Gasteiger partial charge is 0.477 e. The number of carboxylic acids is 1. The van der Waals surface area contributed by atoms with Crippen LogP contribution in [0.5, 0.6) is 0 Å². The van der Waals surface area contributed by atoms with E-state index in [0.717, 1.165) is 0 Å². The first kappa shape index (κ1) is 12.0. The van der Waals surface area contributed by atoms with Crippen LogP contribution in [0.4, 0.5) is 4.79 Å². The number of nitrogens with zero attached hydrogens (tertiary/aromatic N) is 1. The van der Waals surface area contributed by atoms with Crippen LogP contribution in [0.3, 0.4) is 0 Å². The molecule has 0 fully saturated rings. The van der Waals surface area contributed by atoms with Crippen LogP contribution in [0.25, 0.3) is 0 Å². The maximum atomic E-state index is 11.0. The Hall–Kier alpha value is -2.05. The molecule has 1 aliphatic heterocycles. The lowest BCUT2D eigenvalue weighted by Gasteiger charge is -2.09. The second-order valence-corrected chi connectivity index (χ2v) is 3.04. The molecule has 0 bridgehead atoms. The minimum Gasteiger partial charge on any atom is -0.477 e. The van der Waals surface area contributed by atoms with Crippen molar-refractivity contribution in [1.82, 2.24) is 5.32 Å². The Balaban J connectivity index is 2.19. The summed E-state index contributed by atoms with van der Waals surface area (Å²) in [6.45, 7) is 3.65. The molecule has 7 heteroatoms. The topological polar surface area (TPSA) is 97.2 Å². The fourth-order valence-corrected chi connectivity index (χ4v) is 1.05. The van der Waals surface area contributed by atoms with Gasteiger partial charge in [0.25, 0.3) is 0 Å². The molecule has 1 heterocycles. The maximum Gasteiger partial charge on any atom is 0.407 e. The summed E-state index contributed by atoms with van der Waals surface area (Å²) in [5.41, 5.74) is -0.0498. The lowest BCUT2D eigenvalue weighted by molar-refractivity contribution is -0.129. The third-order valence-corrected chi connectivity index (χ3v) is 1.79. The molecule has 1 unspecified atom stereocenters. The van der Waals surface area contributed by atoms with E-state index in [1.165, 1.54) is 6.08 Å². The van der Waals surface area contributed by atoms with Crippen molar-refractivity contribution in [2.24, 2.45) is 5.16 Å². The summed E-state index contributed by atoms with van der Waals surface area (Å²) in [6, 6.07) is 0. The fraction of sp³-hybridized carbons (Fsp3) is 0.444. The number of carbonyl (C=O) groups is 2. The lowest BCUT2D eigenvalue weighted by atomic mass is 10.2. The summed E-state index contributed by atoms with van der Waals surface area (Å²) in [5.74, 6) is -1.11. The first-order valence-electron chi connectivity index (χ1n) is 4.61. The molecule has 2 N–H and O–H groups in total. The number of rotatable bonds is 5. The minimum atomic E-state index is -1.11. The molecule has 16 heavy (non-hydrogen) atoms. The fourth-order valence-electron chi connectivity index (χ4n) is 1.05. The standard InChI is InChI=1S/C9H12N2O5/c1-2-3-15-9(14)10-5-6-4-7(8(12)13)11-16-6/h2,6H,1,3-5H2,(H,10,14)(H,12,13). The van der Waals surface area contributed by atoms with Crippen LogP contribution in [0, 0.1) is 0 Å². The number of carbonyl (C=O) groups excluding carboxylic acids is 1. The molecule has 0 radical (unpaired) electrons. The number of carboxylic acid groups (broad SMARTS) is 1. The van der Waals surface area contributed by atoms with Gasteiger partial charge in [0.2, 0.25) is 0 Å². The molecule has 0 aliphatic carbocycles. The first-order chi connectivity index (χ1) is 7.63. The average molecular weight is 228 g/mol. The van der Waals surface area contributed by atoms with Gasteiger partial charge in [0, 0.05) is 6.42 Å². The quantitative estimate of drug-likeness (QED) is 0.652. The van der Waals surface area contributed by atoms with E-state index in [1.54, 1.807) is 0 Å². The van der Waals surface area contributed by atoms with Gasteiger partial charge in [-0.2, -0.15) is 0 Å². The second-order valence-electron chi connectivity index (χ2n) is 3.04. The Kier molecular flexibility index (Phi) is 4.31. The SMILES string of the molecule is C=CCOC(=O)NCC1CC(C(=O)O)=NO1. The Bertz CT molecular complexity index is 326. The van der Waals surface area contributed by atoms with Gasteiger partial charge < -0.3 is 20.0 Å². The van der Waals surface area contributed by atoms with Crippen molar-refractivity contribution in [2.75, 3.05) is 13.2 Å². The van der Waals surface area contributed by atoms with Crippen LogP contribution in [0.1, 0.15) is 6.42 Å². The Labute approximate surface area is 91.7 Å². The number of hydrogen-bond acceptors (Lipinski definition) is 5. The lowest BCUT2D eigenvalue weighted by Crippen LogP contribution is -2.33. The summed E-state index contributed by atoms with van der Waals surface area (Å²) in [5, 5.41) is 14.4. The Morgan fingerprint density at radius 3 is 3.06 bits per heavy atom. The van der Waals surface area contributed by atoms with Gasteiger partial charge in [-0.3, -0.25) is 0 Å². The molecule has 88 valence electrons.